The van der Waals surface area contributed by atoms with E-state index >= 15 is 0 Å². The molecule has 0 aromatic carbocycles. The minimum Gasteiger partial charge on any atom is -0.374 e. The average molecular weight is 217 g/mol. The van der Waals surface area contributed by atoms with Gasteiger partial charge in [0.2, 0.25) is 0 Å². The molecule has 0 aromatic rings. The first-order valence-corrected chi connectivity index (χ1v) is 3.59. The summed E-state index contributed by atoms with van der Waals surface area (Å²) >= 11 is 0. The zero-order valence-corrected chi connectivity index (χ0v) is 9.43. The van der Waals surface area contributed by atoms with Gasteiger partial charge in [0.05, 0.1) is 0 Å². The highest BCUT2D eigenvalue weighted by Gasteiger charge is 2.37. The Bertz CT molecular complexity index is 112. The van der Waals surface area contributed by atoms with Gasteiger partial charge in [-0.2, -0.15) is 0 Å². The second-order valence-electron chi connectivity index (χ2n) is 3.23. The SMILES string of the molecule is COC1(CN(C)C)CNC1.Cl.Cl. The molecule has 0 aromatic heterocycles. The molecular weight excluding hydrogens is 199 g/mol. The van der Waals surface area contributed by atoms with E-state index in [1.807, 2.05) is 0 Å². The maximum atomic E-state index is 5.38. The van der Waals surface area contributed by atoms with Crippen molar-refractivity contribution in [3.05, 3.63) is 0 Å². The van der Waals surface area contributed by atoms with Crippen molar-refractivity contribution in [1.82, 2.24) is 10.2 Å². The van der Waals surface area contributed by atoms with Crippen molar-refractivity contribution in [2.75, 3.05) is 40.8 Å². The molecule has 1 fully saturated rings. The lowest BCUT2D eigenvalue weighted by Gasteiger charge is -2.42. The van der Waals surface area contributed by atoms with Crippen LogP contribution < -0.4 is 5.32 Å². The molecule has 1 heterocycles. The van der Waals surface area contributed by atoms with Gasteiger partial charge in [-0.1, -0.05) is 0 Å². The topological polar surface area (TPSA) is 24.5 Å². The fraction of sp³-hybridized carbons (Fsp3) is 1.00. The standard InChI is InChI=1S/C7H16N2O.2ClH/c1-9(2)6-7(10-3)4-8-5-7;;/h8H,4-6H2,1-3H3;2*1H. The largest absolute Gasteiger partial charge is 0.374 e. The summed E-state index contributed by atoms with van der Waals surface area (Å²) < 4.78 is 5.38. The number of likely N-dealkylation sites (N-methyl/N-ethyl adjacent to an activating group) is 1. The van der Waals surface area contributed by atoms with Crippen molar-refractivity contribution in [3.8, 4) is 0 Å². The zero-order valence-electron chi connectivity index (χ0n) is 7.79. The summed E-state index contributed by atoms with van der Waals surface area (Å²) in [6.45, 7) is 2.99. The van der Waals surface area contributed by atoms with Gasteiger partial charge in [-0.25, -0.2) is 0 Å². The fourth-order valence-corrected chi connectivity index (χ4v) is 1.30. The number of nitrogens with zero attached hydrogens (tertiary/aromatic N) is 1. The van der Waals surface area contributed by atoms with Gasteiger partial charge in [-0.15, -0.1) is 24.8 Å². The van der Waals surface area contributed by atoms with Crippen molar-refractivity contribution >= 4 is 24.8 Å². The summed E-state index contributed by atoms with van der Waals surface area (Å²) in [4.78, 5) is 2.16. The minimum absolute atomic E-state index is 0. The van der Waals surface area contributed by atoms with Crippen LogP contribution in [0.25, 0.3) is 0 Å². The predicted molar refractivity (Wildman–Crippen MR) is 55.7 cm³/mol. The number of hydrogen-bond donors (Lipinski definition) is 1. The molecule has 0 bridgehead atoms. The van der Waals surface area contributed by atoms with Crippen LogP contribution in [0.5, 0.6) is 0 Å². The first-order chi connectivity index (χ1) is 4.68. The van der Waals surface area contributed by atoms with Crippen LogP contribution in [-0.4, -0.2) is 51.3 Å². The van der Waals surface area contributed by atoms with Crippen LogP contribution in [0.15, 0.2) is 0 Å². The number of halogens is 2. The van der Waals surface area contributed by atoms with Crippen LogP contribution >= 0.6 is 24.8 Å². The van der Waals surface area contributed by atoms with Gasteiger partial charge in [0, 0.05) is 26.7 Å². The molecule has 1 aliphatic rings. The smallest absolute Gasteiger partial charge is 0.105 e. The van der Waals surface area contributed by atoms with Crippen LogP contribution in [-0.2, 0) is 4.74 Å². The second kappa shape index (κ2) is 6.00. The van der Waals surface area contributed by atoms with E-state index in [1.54, 1.807) is 7.11 Å². The summed E-state index contributed by atoms with van der Waals surface area (Å²) in [5, 5.41) is 3.21. The second-order valence-corrected chi connectivity index (χ2v) is 3.23. The van der Waals surface area contributed by atoms with E-state index < -0.39 is 0 Å². The lowest BCUT2D eigenvalue weighted by Crippen LogP contribution is -2.64. The normalized spacial score (nSPS) is 19.0. The quantitative estimate of drug-likeness (QED) is 0.739. The van der Waals surface area contributed by atoms with E-state index in [0.29, 0.717) is 0 Å². The molecule has 0 unspecified atom stereocenters. The molecule has 0 saturated carbocycles. The lowest BCUT2D eigenvalue weighted by molar-refractivity contribution is -0.0652. The molecule has 1 aliphatic heterocycles. The van der Waals surface area contributed by atoms with Gasteiger partial charge in [0.1, 0.15) is 5.60 Å². The Morgan fingerprint density at radius 3 is 1.92 bits per heavy atom. The number of rotatable bonds is 3. The molecular formula is C7H18Cl2N2O. The number of methoxy groups -OCH3 is 1. The van der Waals surface area contributed by atoms with Gasteiger partial charge in [0.25, 0.3) is 0 Å². The average Bonchev–Trinajstić information content (AvgIpc) is 1.78. The Hall–Kier alpha value is 0.460. The molecule has 5 heteroatoms. The van der Waals surface area contributed by atoms with Crippen LogP contribution in [0.3, 0.4) is 0 Å². The molecule has 12 heavy (non-hydrogen) atoms. The molecule has 0 atom stereocenters. The molecule has 0 amide bonds. The van der Waals surface area contributed by atoms with Crippen molar-refractivity contribution < 1.29 is 4.74 Å². The van der Waals surface area contributed by atoms with Crippen LogP contribution in [0.2, 0.25) is 0 Å². The van der Waals surface area contributed by atoms with E-state index in [9.17, 15) is 0 Å². The first kappa shape index (κ1) is 15.0. The van der Waals surface area contributed by atoms with E-state index in [2.05, 4.69) is 24.3 Å². The van der Waals surface area contributed by atoms with Gasteiger partial charge in [0.15, 0.2) is 0 Å². The molecule has 1 saturated heterocycles. The van der Waals surface area contributed by atoms with Crippen molar-refractivity contribution in [2.45, 2.75) is 5.60 Å². The van der Waals surface area contributed by atoms with Crippen molar-refractivity contribution in [2.24, 2.45) is 0 Å². The maximum Gasteiger partial charge on any atom is 0.105 e. The Labute approximate surface area is 86.7 Å². The van der Waals surface area contributed by atoms with E-state index in [0.717, 1.165) is 19.6 Å². The van der Waals surface area contributed by atoms with Crippen LogP contribution in [0.4, 0.5) is 0 Å². The third kappa shape index (κ3) is 3.46. The van der Waals surface area contributed by atoms with E-state index in [1.165, 1.54) is 0 Å². The van der Waals surface area contributed by atoms with E-state index in [4.69, 9.17) is 4.74 Å². The summed E-state index contributed by atoms with van der Waals surface area (Å²) in [5.74, 6) is 0. The van der Waals surface area contributed by atoms with Gasteiger partial charge in [-0.05, 0) is 14.1 Å². The summed E-state index contributed by atoms with van der Waals surface area (Å²) in [5.41, 5.74) is 0.101. The molecule has 76 valence electrons. The monoisotopic (exact) mass is 216 g/mol. The Morgan fingerprint density at radius 2 is 1.83 bits per heavy atom. The molecule has 0 aliphatic carbocycles. The molecule has 1 N–H and O–H groups in total. The van der Waals surface area contributed by atoms with Gasteiger partial charge in [-0.3, -0.25) is 0 Å². The highest BCUT2D eigenvalue weighted by atomic mass is 35.5. The molecule has 1 rings (SSSR count). The van der Waals surface area contributed by atoms with Crippen LogP contribution in [0.1, 0.15) is 0 Å². The van der Waals surface area contributed by atoms with E-state index in [-0.39, 0.29) is 30.4 Å². The number of nitrogens with one attached hydrogen (secondary N) is 1. The Balaban J connectivity index is 0. The lowest BCUT2D eigenvalue weighted by atomic mass is 9.96. The number of hydrogen-bond acceptors (Lipinski definition) is 3. The van der Waals surface area contributed by atoms with Crippen LogP contribution in [0, 0.1) is 0 Å². The Kier molecular flexibility index (Phi) is 7.47. The summed E-state index contributed by atoms with van der Waals surface area (Å²) in [6.07, 6.45) is 0. The summed E-state index contributed by atoms with van der Waals surface area (Å²) in [6, 6.07) is 0. The zero-order chi connectivity index (χ0) is 7.61. The molecule has 0 spiro atoms. The van der Waals surface area contributed by atoms with Crippen molar-refractivity contribution in [1.29, 1.82) is 0 Å². The predicted octanol–water partition coefficient (Wildman–Crippen LogP) is 0.380. The number of ether oxygens (including phenoxy) is 1. The Morgan fingerprint density at radius 1 is 1.33 bits per heavy atom. The fourth-order valence-electron chi connectivity index (χ4n) is 1.30. The molecule has 0 radical (unpaired) electrons. The van der Waals surface area contributed by atoms with Gasteiger partial charge < -0.3 is 15.0 Å². The highest BCUT2D eigenvalue weighted by Crippen LogP contribution is 2.15. The first-order valence-electron chi connectivity index (χ1n) is 3.59. The minimum atomic E-state index is 0. The molecule has 3 nitrogen and oxygen atoms in total. The van der Waals surface area contributed by atoms with Gasteiger partial charge >= 0.3 is 0 Å². The third-order valence-electron chi connectivity index (χ3n) is 1.93. The third-order valence-corrected chi connectivity index (χ3v) is 1.93. The highest BCUT2D eigenvalue weighted by molar-refractivity contribution is 5.85. The maximum absolute atomic E-state index is 5.38. The summed E-state index contributed by atoms with van der Waals surface area (Å²) in [7, 11) is 5.92. The van der Waals surface area contributed by atoms with Crippen molar-refractivity contribution in [3.63, 3.8) is 0 Å².